The maximum Gasteiger partial charge on any atom is 0.00723 e. The third kappa shape index (κ3) is 4.98. The Morgan fingerprint density at radius 1 is 1.47 bits per heavy atom. The van der Waals surface area contributed by atoms with Crippen LogP contribution in [0.2, 0.25) is 0 Å². The highest BCUT2D eigenvalue weighted by Gasteiger charge is 2.30. The van der Waals surface area contributed by atoms with Crippen molar-refractivity contribution in [3.63, 3.8) is 0 Å². The summed E-state index contributed by atoms with van der Waals surface area (Å²) in [5.74, 6) is 0.687. The molecule has 0 spiro atoms. The number of hydrogen-bond donors (Lipinski definition) is 2. The van der Waals surface area contributed by atoms with E-state index in [9.17, 15) is 0 Å². The third-order valence-electron chi connectivity index (χ3n) is 3.68. The van der Waals surface area contributed by atoms with E-state index in [1.807, 2.05) is 0 Å². The fraction of sp³-hybridized carbons (Fsp3) is 1.00. The van der Waals surface area contributed by atoms with Crippen molar-refractivity contribution in [1.82, 2.24) is 5.32 Å². The lowest BCUT2D eigenvalue weighted by atomic mass is 9.92. The summed E-state index contributed by atoms with van der Waals surface area (Å²) in [6, 6.07) is 0.771. The molecular weight excluding hydrogens is 184 g/mol. The van der Waals surface area contributed by atoms with Gasteiger partial charge in [0.1, 0.15) is 0 Å². The molecule has 1 aliphatic rings. The van der Waals surface area contributed by atoms with Gasteiger partial charge >= 0.3 is 0 Å². The van der Waals surface area contributed by atoms with Crippen molar-refractivity contribution < 1.29 is 0 Å². The van der Waals surface area contributed by atoms with Crippen molar-refractivity contribution in [3.8, 4) is 0 Å². The summed E-state index contributed by atoms with van der Waals surface area (Å²) in [4.78, 5) is 0. The minimum atomic E-state index is 0.572. The third-order valence-corrected chi connectivity index (χ3v) is 3.68. The zero-order chi connectivity index (χ0) is 11.3. The number of nitrogens with one attached hydrogen (secondary N) is 1. The van der Waals surface area contributed by atoms with Gasteiger partial charge in [0.2, 0.25) is 0 Å². The standard InChI is InChI=1S/C13H28N2/c1-11(10-14)5-4-8-15-12-6-7-13(2,3)9-12/h11-12,15H,4-10,14H2,1-3H3. The van der Waals surface area contributed by atoms with Gasteiger partial charge in [-0.25, -0.2) is 0 Å². The lowest BCUT2D eigenvalue weighted by Crippen LogP contribution is -2.28. The van der Waals surface area contributed by atoms with Gasteiger partial charge in [-0.05, 0) is 56.5 Å². The van der Waals surface area contributed by atoms with Gasteiger partial charge in [-0.15, -0.1) is 0 Å². The SMILES string of the molecule is CC(CN)CCCNC1CCC(C)(C)C1. The molecule has 0 aromatic rings. The van der Waals surface area contributed by atoms with Crippen LogP contribution < -0.4 is 11.1 Å². The second-order valence-electron chi connectivity index (χ2n) is 6.04. The van der Waals surface area contributed by atoms with E-state index < -0.39 is 0 Å². The van der Waals surface area contributed by atoms with Gasteiger partial charge in [0.15, 0.2) is 0 Å². The molecule has 0 aromatic heterocycles. The average molecular weight is 212 g/mol. The maximum atomic E-state index is 5.59. The first-order valence-corrected chi connectivity index (χ1v) is 6.47. The Morgan fingerprint density at radius 3 is 2.73 bits per heavy atom. The molecule has 0 aromatic carbocycles. The normalized spacial score (nSPS) is 26.8. The molecule has 90 valence electrons. The van der Waals surface area contributed by atoms with E-state index in [1.165, 1.54) is 38.6 Å². The van der Waals surface area contributed by atoms with Gasteiger partial charge in [0, 0.05) is 6.04 Å². The van der Waals surface area contributed by atoms with Gasteiger partial charge in [0.05, 0.1) is 0 Å². The smallest absolute Gasteiger partial charge is 0.00723 e. The topological polar surface area (TPSA) is 38.0 Å². The molecule has 0 saturated heterocycles. The van der Waals surface area contributed by atoms with Crippen LogP contribution in [0.1, 0.15) is 52.9 Å². The highest BCUT2D eigenvalue weighted by Crippen LogP contribution is 2.36. The Labute approximate surface area is 95.0 Å². The van der Waals surface area contributed by atoms with Crippen LogP contribution in [0.4, 0.5) is 0 Å². The van der Waals surface area contributed by atoms with E-state index >= 15 is 0 Å². The Hall–Kier alpha value is -0.0800. The van der Waals surface area contributed by atoms with Crippen LogP contribution in [0.5, 0.6) is 0 Å². The zero-order valence-electron chi connectivity index (χ0n) is 10.7. The molecule has 2 nitrogen and oxygen atoms in total. The Kier molecular flexibility index (Phi) is 5.07. The molecule has 0 bridgehead atoms. The molecule has 1 aliphatic carbocycles. The Morgan fingerprint density at radius 2 is 2.20 bits per heavy atom. The van der Waals surface area contributed by atoms with E-state index in [2.05, 4.69) is 26.1 Å². The fourth-order valence-corrected chi connectivity index (χ4v) is 2.48. The number of hydrogen-bond acceptors (Lipinski definition) is 2. The predicted octanol–water partition coefficient (Wildman–Crippen LogP) is 2.53. The second kappa shape index (κ2) is 5.86. The summed E-state index contributed by atoms with van der Waals surface area (Å²) >= 11 is 0. The number of nitrogens with two attached hydrogens (primary N) is 1. The van der Waals surface area contributed by atoms with Gasteiger partial charge in [0.25, 0.3) is 0 Å². The summed E-state index contributed by atoms with van der Waals surface area (Å²) in [6.07, 6.45) is 6.62. The van der Waals surface area contributed by atoms with E-state index in [0.29, 0.717) is 11.3 Å². The molecule has 3 N–H and O–H groups in total. The molecular formula is C13H28N2. The minimum absolute atomic E-state index is 0.572. The summed E-state index contributed by atoms with van der Waals surface area (Å²) in [7, 11) is 0. The quantitative estimate of drug-likeness (QED) is 0.664. The van der Waals surface area contributed by atoms with Gasteiger partial charge in [-0.1, -0.05) is 20.8 Å². The summed E-state index contributed by atoms with van der Waals surface area (Å²) in [5, 5.41) is 3.68. The molecule has 2 unspecified atom stereocenters. The highest BCUT2D eigenvalue weighted by molar-refractivity contribution is 4.86. The molecule has 0 radical (unpaired) electrons. The van der Waals surface area contributed by atoms with Crippen molar-refractivity contribution >= 4 is 0 Å². The zero-order valence-corrected chi connectivity index (χ0v) is 10.7. The molecule has 0 amide bonds. The molecule has 2 atom stereocenters. The second-order valence-corrected chi connectivity index (χ2v) is 6.04. The van der Waals surface area contributed by atoms with Crippen molar-refractivity contribution in [1.29, 1.82) is 0 Å². The van der Waals surface area contributed by atoms with Crippen molar-refractivity contribution in [3.05, 3.63) is 0 Å². The molecule has 2 heteroatoms. The van der Waals surface area contributed by atoms with Crippen molar-refractivity contribution in [2.45, 2.75) is 58.9 Å². The van der Waals surface area contributed by atoms with E-state index in [4.69, 9.17) is 5.73 Å². The van der Waals surface area contributed by atoms with Crippen LogP contribution in [-0.4, -0.2) is 19.1 Å². The predicted molar refractivity (Wildman–Crippen MR) is 66.9 cm³/mol. The first-order chi connectivity index (χ1) is 7.03. The average Bonchev–Trinajstić information content (AvgIpc) is 2.52. The maximum absolute atomic E-state index is 5.59. The molecule has 0 aliphatic heterocycles. The van der Waals surface area contributed by atoms with Crippen LogP contribution in [0.15, 0.2) is 0 Å². The first kappa shape index (κ1) is 13.0. The first-order valence-electron chi connectivity index (χ1n) is 6.47. The number of rotatable bonds is 6. The van der Waals surface area contributed by atoms with E-state index in [-0.39, 0.29) is 0 Å². The van der Waals surface area contributed by atoms with Crippen LogP contribution in [0.25, 0.3) is 0 Å². The van der Waals surface area contributed by atoms with Crippen LogP contribution in [0.3, 0.4) is 0 Å². The summed E-state index contributed by atoms with van der Waals surface area (Å²) in [5.41, 5.74) is 6.16. The monoisotopic (exact) mass is 212 g/mol. The molecule has 0 heterocycles. The molecule has 1 rings (SSSR count). The minimum Gasteiger partial charge on any atom is -0.330 e. The summed E-state index contributed by atoms with van der Waals surface area (Å²) < 4.78 is 0. The van der Waals surface area contributed by atoms with Crippen molar-refractivity contribution in [2.75, 3.05) is 13.1 Å². The van der Waals surface area contributed by atoms with Gasteiger partial charge in [-0.2, -0.15) is 0 Å². The van der Waals surface area contributed by atoms with Gasteiger partial charge in [-0.3, -0.25) is 0 Å². The van der Waals surface area contributed by atoms with Crippen LogP contribution >= 0.6 is 0 Å². The lowest BCUT2D eigenvalue weighted by Gasteiger charge is -2.18. The fourth-order valence-electron chi connectivity index (χ4n) is 2.48. The van der Waals surface area contributed by atoms with E-state index in [0.717, 1.165) is 12.6 Å². The van der Waals surface area contributed by atoms with Gasteiger partial charge < -0.3 is 11.1 Å². The highest BCUT2D eigenvalue weighted by atomic mass is 14.9. The largest absolute Gasteiger partial charge is 0.330 e. The Bertz CT molecular complexity index is 177. The van der Waals surface area contributed by atoms with Crippen LogP contribution in [-0.2, 0) is 0 Å². The Balaban J connectivity index is 2.02. The van der Waals surface area contributed by atoms with E-state index in [1.54, 1.807) is 0 Å². The molecule has 1 fully saturated rings. The van der Waals surface area contributed by atoms with Crippen LogP contribution in [0, 0.1) is 11.3 Å². The summed E-state index contributed by atoms with van der Waals surface area (Å²) in [6.45, 7) is 9.00. The molecule has 15 heavy (non-hydrogen) atoms. The lowest BCUT2D eigenvalue weighted by molar-refractivity contribution is 0.362. The van der Waals surface area contributed by atoms with Crippen molar-refractivity contribution in [2.24, 2.45) is 17.1 Å². The molecule has 1 saturated carbocycles.